The summed E-state index contributed by atoms with van der Waals surface area (Å²) in [6.07, 6.45) is -0.738. The van der Waals surface area contributed by atoms with E-state index in [1.165, 1.54) is 6.92 Å². The number of hydrogen-bond acceptors (Lipinski definition) is 6. The Morgan fingerprint density at radius 2 is 1.81 bits per heavy atom. The maximum absolute atomic E-state index is 12.1. The fraction of sp³-hybridized carbons (Fsp3) is 0.200. The van der Waals surface area contributed by atoms with Gasteiger partial charge in [0.25, 0.3) is 5.56 Å². The number of aromatic nitrogens is 2. The van der Waals surface area contributed by atoms with Gasteiger partial charge in [-0.2, -0.15) is 0 Å². The SMILES string of the molecule is CC(=O)c1ccc(OCC(=O)O[C@H](C)c2nc3ccccc3c(=O)[nH]2)cc1. The van der Waals surface area contributed by atoms with Crippen LogP contribution in [0.5, 0.6) is 5.75 Å². The van der Waals surface area contributed by atoms with E-state index in [1.807, 2.05) is 0 Å². The fourth-order valence-electron chi connectivity index (χ4n) is 2.51. The lowest BCUT2D eigenvalue weighted by Crippen LogP contribution is -2.20. The third-order valence-corrected chi connectivity index (χ3v) is 3.94. The van der Waals surface area contributed by atoms with Crippen LogP contribution >= 0.6 is 0 Å². The Labute approximate surface area is 155 Å². The molecule has 0 aliphatic carbocycles. The standard InChI is InChI=1S/C20H18N2O5/c1-12(23)14-7-9-15(10-8-14)26-11-18(24)27-13(2)19-21-17-6-4-3-5-16(17)20(25)22-19/h3-10,13H,11H2,1-2H3,(H,21,22,25)/t13-/m1/s1. The van der Waals surface area contributed by atoms with Crippen molar-refractivity contribution in [3.63, 3.8) is 0 Å². The maximum Gasteiger partial charge on any atom is 0.344 e. The molecule has 0 radical (unpaired) electrons. The van der Waals surface area contributed by atoms with Crippen LogP contribution in [0.1, 0.15) is 36.1 Å². The molecule has 0 spiro atoms. The van der Waals surface area contributed by atoms with E-state index >= 15 is 0 Å². The number of nitrogens with zero attached hydrogens (tertiary/aromatic N) is 1. The van der Waals surface area contributed by atoms with E-state index in [0.717, 1.165) is 0 Å². The topological polar surface area (TPSA) is 98.3 Å². The summed E-state index contributed by atoms with van der Waals surface area (Å²) in [4.78, 5) is 42.3. The van der Waals surface area contributed by atoms with E-state index < -0.39 is 12.1 Å². The number of carbonyl (C=O) groups excluding carboxylic acids is 2. The Bertz CT molecular complexity index is 1040. The predicted molar refractivity (Wildman–Crippen MR) is 98.8 cm³/mol. The first kappa shape index (κ1) is 18.3. The number of esters is 1. The monoisotopic (exact) mass is 366 g/mol. The molecule has 3 aromatic rings. The summed E-state index contributed by atoms with van der Waals surface area (Å²) in [6.45, 7) is 2.79. The second-order valence-corrected chi connectivity index (χ2v) is 5.97. The van der Waals surface area contributed by atoms with Gasteiger partial charge in [-0.05, 0) is 50.2 Å². The predicted octanol–water partition coefficient (Wildman–Crippen LogP) is 2.81. The number of H-pyrrole nitrogens is 1. The van der Waals surface area contributed by atoms with Crippen LogP contribution in [0, 0.1) is 0 Å². The van der Waals surface area contributed by atoms with Crippen LogP contribution in [0.2, 0.25) is 0 Å². The van der Waals surface area contributed by atoms with Crippen LogP contribution in [-0.2, 0) is 9.53 Å². The molecule has 2 aromatic carbocycles. The minimum Gasteiger partial charge on any atom is -0.482 e. The molecule has 0 fully saturated rings. The van der Waals surface area contributed by atoms with Gasteiger partial charge in [0, 0.05) is 5.56 Å². The molecule has 0 saturated carbocycles. The third-order valence-electron chi connectivity index (χ3n) is 3.94. The quantitative estimate of drug-likeness (QED) is 0.532. The molecule has 0 aliphatic rings. The molecule has 0 amide bonds. The molecule has 138 valence electrons. The number of carbonyl (C=O) groups is 2. The largest absolute Gasteiger partial charge is 0.482 e. The zero-order valence-electron chi connectivity index (χ0n) is 14.9. The first-order valence-corrected chi connectivity index (χ1v) is 8.36. The molecule has 1 N–H and O–H groups in total. The summed E-state index contributed by atoms with van der Waals surface area (Å²) >= 11 is 0. The van der Waals surface area contributed by atoms with Gasteiger partial charge in [-0.25, -0.2) is 9.78 Å². The van der Waals surface area contributed by atoms with Crippen LogP contribution in [0.3, 0.4) is 0 Å². The molecule has 3 rings (SSSR count). The number of ether oxygens (including phenoxy) is 2. The number of aromatic amines is 1. The second-order valence-electron chi connectivity index (χ2n) is 5.97. The molecule has 1 heterocycles. The molecular weight excluding hydrogens is 348 g/mol. The lowest BCUT2D eigenvalue weighted by Gasteiger charge is -2.13. The van der Waals surface area contributed by atoms with Gasteiger partial charge in [-0.3, -0.25) is 9.59 Å². The number of para-hydroxylation sites is 1. The van der Waals surface area contributed by atoms with Gasteiger partial charge in [-0.1, -0.05) is 12.1 Å². The van der Waals surface area contributed by atoms with Crippen LogP contribution in [-0.4, -0.2) is 28.3 Å². The highest BCUT2D eigenvalue weighted by Crippen LogP contribution is 2.16. The Morgan fingerprint density at radius 1 is 1.11 bits per heavy atom. The highest BCUT2D eigenvalue weighted by molar-refractivity contribution is 5.94. The minimum atomic E-state index is -0.738. The van der Waals surface area contributed by atoms with Crippen molar-refractivity contribution in [3.8, 4) is 5.75 Å². The van der Waals surface area contributed by atoms with Crippen molar-refractivity contribution >= 4 is 22.7 Å². The first-order valence-electron chi connectivity index (χ1n) is 8.36. The van der Waals surface area contributed by atoms with E-state index in [0.29, 0.717) is 22.2 Å². The van der Waals surface area contributed by atoms with Gasteiger partial charge in [0.15, 0.2) is 24.3 Å². The van der Waals surface area contributed by atoms with Crippen molar-refractivity contribution in [2.75, 3.05) is 6.61 Å². The second kappa shape index (κ2) is 7.82. The third kappa shape index (κ3) is 4.38. The van der Waals surface area contributed by atoms with Crippen LogP contribution in [0.25, 0.3) is 10.9 Å². The first-order chi connectivity index (χ1) is 12.9. The van der Waals surface area contributed by atoms with E-state index in [1.54, 1.807) is 55.5 Å². The van der Waals surface area contributed by atoms with Crippen LogP contribution in [0.15, 0.2) is 53.3 Å². The average Bonchev–Trinajstić information content (AvgIpc) is 2.66. The Balaban J connectivity index is 1.62. The summed E-state index contributed by atoms with van der Waals surface area (Å²) in [5.41, 5.74) is 0.797. The summed E-state index contributed by atoms with van der Waals surface area (Å²) in [7, 11) is 0. The van der Waals surface area contributed by atoms with Crippen molar-refractivity contribution in [2.24, 2.45) is 0 Å². The van der Waals surface area contributed by atoms with Gasteiger partial charge in [0.05, 0.1) is 10.9 Å². The number of fused-ring (bicyclic) bond motifs is 1. The lowest BCUT2D eigenvalue weighted by atomic mass is 10.1. The maximum atomic E-state index is 12.1. The number of nitrogens with one attached hydrogen (secondary N) is 1. The van der Waals surface area contributed by atoms with Gasteiger partial charge >= 0.3 is 5.97 Å². The van der Waals surface area contributed by atoms with E-state index in [9.17, 15) is 14.4 Å². The Kier molecular flexibility index (Phi) is 5.30. The fourth-order valence-corrected chi connectivity index (χ4v) is 2.51. The van der Waals surface area contributed by atoms with Gasteiger partial charge in [0.1, 0.15) is 5.75 Å². The highest BCUT2D eigenvalue weighted by Gasteiger charge is 2.16. The molecule has 1 atom stereocenters. The summed E-state index contributed by atoms with van der Waals surface area (Å²) in [5, 5.41) is 0.470. The average molecular weight is 366 g/mol. The number of hydrogen-bond donors (Lipinski definition) is 1. The minimum absolute atomic E-state index is 0.0494. The normalized spacial score (nSPS) is 11.8. The van der Waals surface area contributed by atoms with E-state index in [-0.39, 0.29) is 23.8 Å². The molecule has 0 unspecified atom stereocenters. The van der Waals surface area contributed by atoms with E-state index in [4.69, 9.17) is 9.47 Å². The van der Waals surface area contributed by atoms with E-state index in [2.05, 4.69) is 9.97 Å². The Morgan fingerprint density at radius 3 is 2.52 bits per heavy atom. The van der Waals surface area contributed by atoms with Gasteiger partial charge in [0.2, 0.25) is 0 Å². The summed E-state index contributed by atoms with van der Waals surface area (Å²) in [6, 6.07) is 13.4. The molecular formula is C20H18N2O5. The van der Waals surface area contributed by atoms with Crippen LogP contribution < -0.4 is 10.3 Å². The molecule has 0 bridgehead atoms. The van der Waals surface area contributed by atoms with Crippen LogP contribution in [0.4, 0.5) is 0 Å². The molecule has 27 heavy (non-hydrogen) atoms. The molecule has 7 heteroatoms. The number of rotatable bonds is 6. The van der Waals surface area contributed by atoms with Crippen molar-refractivity contribution < 1.29 is 19.1 Å². The molecule has 1 aromatic heterocycles. The molecule has 0 saturated heterocycles. The zero-order chi connectivity index (χ0) is 19.4. The zero-order valence-corrected chi connectivity index (χ0v) is 14.9. The van der Waals surface area contributed by atoms with Gasteiger partial charge < -0.3 is 14.5 Å². The van der Waals surface area contributed by atoms with Crippen molar-refractivity contribution in [3.05, 3.63) is 70.3 Å². The van der Waals surface area contributed by atoms with Gasteiger partial charge in [-0.15, -0.1) is 0 Å². The molecule has 0 aliphatic heterocycles. The van der Waals surface area contributed by atoms with Crippen molar-refractivity contribution in [1.82, 2.24) is 9.97 Å². The Hall–Kier alpha value is -3.48. The summed E-state index contributed by atoms with van der Waals surface area (Å²) in [5.74, 6) is 0.0558. The van der Waals surface area contributed by atoms with Crippen molar-refractivity contribution in [2.45, 2.75) is 20.0 Å². The lowest BCUT2D eigenvalue weighted by molar-refractivity contribution is -0.151. The van der Waals surface area contributed by atoms with Crippen molar-refractivity contribution in [1.29, 1.82) is 0 Å². The highest BCUT2D eigenvalue weighted by atomic mass is 16.6. The number of Topliss-reactive ketones (excluding diaryl/α,β-unsaturated/α-hetero) is 1. The smallest absolute Gasteiger partial charge is 0.344 e. The number of benzene rings is 2. The number of ketones is 1. The molecule has 7 nitrogen and oxygen atoms in total. The summed E-state index contributed by atoms with van der Waals surface area (Å²) < 4.78 is 10.6.